The van der Waals surface area contributed by atoms with Crippen LogP contribution < -0.4 is 0 Å². The van der Waals surface area contributed by atoms with Crippen LogP contribution in [-0.4, -0.2) is 12.6 Å². The molecule has 90 valence electrons. The minimum absolute atomic E-state index is 0.279. The Morgan fingerprint density at radius 1 is 1.25 bits per heavy atom. The fraction of sp³-hybridized carbons (Fsp3) is 0.786. The fourth-order valence-electron chi connectivity index (χ4n) is 3.59. The van der Waals surface area contributed by atoms with Gasteiger partial charge in [0.2, 0.25) is 0 Å². The SMILES string of the molecule is C=CC(=O)OCCC1CCC2CCCCC21. The van der Waals surface area contributed by atoms with Gasteiger partial charge in [0.15, 0.2) is 0 Å². The van der Waals surface area contributed by atoms with Gasteiger partial charge in [-0.15, -0.1) is 0 Å². The highest BCUT2D eigenvalue weighted by atomic mass is 16.5. The van der Waals surface area contributed by atoms with Crippen molar-refractivity contribution in [2.75, 3.05) is 6.61 Å². The molecule has 0 radical (unpaired) electrons. The Kier molecular flexibility index (Phi) is 4.03. The van der Waals surface area contributed by atoms with E-state index in [0.717, 1.165) is 24.2 Å². The minimum Gasteiger partial charge on any atom is -0.463 e. The van der Waals surface area contributed by atoms with Gasteiger partial charge in [-0.25, -0.2) is 4.79 Å². The van der Waals surface area contributed by atoms with Crippen molar-refractivity contribution in [1.82, 2.24) is 0 Å². The van der Waals surface area contributed by atoms with Gasteiger partial charge < -0.3 is 4.74 Å². The molecule has 2 rings (SSSR count). The van der Waals surface area contributed by atoms with Crippen molar-refractivity contribution in [3.63, 3.8) is 0 Å². The van der Waals surface area contributed by atoms with Crippen LogP contribution in [0, 0.1) is 17.8 Å². The van der Waals surface area contributed by atoms with Crippen LogP contribution in [0.15, 0.2) is 12.7 Å². The van der Waals surface area contributed by atoms with Crippen LogP contribution >= 0.6 is 0 Å². The van der Waals surface area contributed by atoms with E-state index in [0.29, 0.717) is 6.61 Å². The standard InChI is InChI=1S/C14H22O2/c1-2-14(15)16-10-9-12-8-7-11-5-3-4-6-13(11)12/h2,11-13H,1,3-10H2. The summed E-state index contributed by atoms with van der Waals surface area (Å²) >= 11 is 0. The summed E-state index contributed by atoms with van der Waals surface area (Å²) in [4.78, 5) is 10.9. The lowest BCUT2D eigenvalue weighted by atomic mass is 9.77. The van der Waals surface area contributed by atoms with Crippen LogP contribution in [0.5, 0.6) is 0 Å². The van der Waals surface area contributed by atoms with E-state index in [-0.39, 0.29) is 5.97 Å². The summed E-state index contributed by atoms with van der Waals surface area (Å²) in [5.41, 5.74) is 0. The number of carbonyl (C=O) groups excluding carboxylic acids is 1. The zero-order valence-corrected chi connectivity index (χ0v) is 9.99. The minimum atomic E-state index is -0.279. The van der Waals surface area contributed by atoms with Crippen molar-refractivity contribution < 1.29 is 9.53 Å². The third-order valence-corrected chi connectivity index (χ3v) is 4.38. The quantitative estimate of drug-likeness (QED) is 0.539. The molecule has 2 aliphatic rings. The van der Waals surface area contributed by atoms with E-state index in [4.69, 9.17) is 4.74 Å². The maximum Gasteiger partial charge on any atom is 0.330 e. The van der Waals surface area contributed by atoms with Gasteiger partial charge in [0.25, 0.3) is 0 Å². The number of rotatable bonds is 4. The molecule has 0 aliphatic heterocycles. The molecule has 2 aliphatic carbocycles. The highest BCUT2D eigenvalue weighted by Crippen LogP contribution is 2.46. The van der Waals surface area contributed by atoms with Crippen LogP contribution in [0.3, 0.4) is 0 Å². The summed E-state index contributed by atoms with van der Waals surface area (Å²) < 4.78 is 5.08. The van der Waals surface area contributed by atoms with Gasteiger partial charge in [0, 0.05) is 6.08 Å². The Labute approximate surface area is 98.1 Å². The number of carbonyl (C=O) groups is 1. The lowest BCUT2D eigenvalue weighted by molar-refractivity contribution is -0.138. The first kappa shape index (κ1) is 11.7. The third kappa shape index (κ3) is 2.66. The molecule has 2 nitrogen and oxygen atoms in total. The van der Waals surface area contributed by atoms with Gasteiger partial charge in [-0.3, -0.25) is 0 Å². The summed E-state index contributed by atoms with van der Waals surface area (Å²) in [5.74, 6) is 2.44. The van der Waals surface area contributed by atoms with Crippen molar-refractivity contribution in [2.24, 2.45) is 17.8 Å². The Morgan fingerprint density at radius 3 is 2.88 bits per heavy atom. The number of esters is 1. The lowest BCUT2D eigenvalue weighted by Gasteiger charge is -2.29. The molecule has 3 atom stereocenters. The predicted octanol–water partition coefficient (Wildman–Crippen LogP) is 3.32. The van der Waals surface area contributed by atoms with E-state index in [1.54, 1.807) is 0 Å². The number of hydrogen-bond donors (Lipinski definition) is 0. The smallest absolute Gasteiger partial charge is 0.330 e. The molecule has 0 N–H and O–H groups in total. The largest absolute Gasteiger partial charge is 0.463 e. The second kappa shape index (κ2) is 5.51. The summed E-state index contributed by atoms with van der Waals surface area (Å²) in [5, 5.41) is 0. The van der Waals surface area contributed by atoms with Gasteiger partial charge >= 0.3 is 5.97 Å². The molecule has 2 fully saturated rings. The van der Waals surface area contributed by atoms with E-state index in [1.807, 2.05) is 0 Å². The summed E-state index contributed by atoms with van der Waals surface area (Å²) in [6.07, 6.45) is 10.7. The maximum absolute atomic E-state index is 10.9. The van der Waals surface area contributed by atoms with Crippen molar-refractivity contribution in [1.29, 1.82) is 0 Å². The third-order valence-electron chi connectivity index (χ3n) is 4.38. The zero-order chi connectivity index (χ0) is 11.4. The summed E-state index contributed by atoms with van der Waals surface area (Å²) in [7, 11) is 0. The molecular weight excluding hydrogens is 200 g/mol. The van der Waals surface area contributed by atoms with E-state index in [2.05, 4.69) is 6.58 Å². The first-order valence-corrected chi connectivity index (χ1v) is 6.60. The molecule has 2 saturated carbocycles. The summed E-state index contributed by atoms with van der Waals surface area (Å²) in [6.45, 7) is 3.98. The topological polar surface area (TPSA) is 26.3 Å². The van der Waals surface area contributed by atoms with Crippen LogP contribution in [0.2, 0.25) is 0 Å². The average Bonchev–Trinajstić information content (AvgIpc) is 2.73. The Bertz CT molecular complexity index is 259. The van der Waals surface area contributed by atoms with Crippen LogP contribution in [-0.2, 0) is 9.53 Å². The zero-order valence-electron chi connectivity index (χ0n) is 9.99. The van der Waals surface area contributed by atoms with Crippen molar-refractivity contribution >= 4 is 5.97 Å². The first-order chi connectivity index (χ1) is 7.81. The predicted molar refractivity (Wildman–Crippen MR) is 63.9 cm³/mol. The van der Waals surface area contributed by atoms with Gasteiger partial charge in [0.1, 0.15) is 0 Å². The molecule has 0 spiro atoms. The van der Waals surface area contributed by atoms with E-state index < -0.39 is 0 Å². The molecule has 0 aromatic carbocycles. The maximum atomic E-state index is 10.9. The van der Waals surface area contributed by atoms with E-state index in [1.165, 1.54) is 44.6 Å². The molecular formula is C14H22O2. The van der Waals surface area contributed by atoms with Crippen LogP contribution in [0.25, 0.3) is 0 Å². The number of hydrogen-bond acceptors (Lipinski definition) is 2. The normalized spacial score (nSPS) is 33.1. The summed E-state index contributed by atoms with van der Waals surface area (Å²) in [6, 6.07) is 0. The van der Waals surface area contributed by atoms with Crippen molar-refractivity contribution in [3.05, 3.63) is 12.7 Å². The molecule has 2 heteroatoms. The van der Waals surface area contributed by atoms with Gasteiger partial charge in [0.05, 0.1) is 6.61 Å². The van der Waals surface area contributed by atoms with Crippen molar-refractivity contribution in [3.8, 4) is 0 Å². The molecule has 0 saturated heterocycles. The van der Waals surface area contributed by atoms with Crippen LogP contribution in [0.4, 0.5) is 0 Å². The average molecular weight is 222 g/mol. The lowest BCUT2D eigenvalue weighted by Crippen LogP contribution is -2.20. The Morgan fingerprint density at radius 2 is 2.06 bits per heavy atom. The molecule has 0 amide bonds. The first-order valence-electron chi connectivity index (χ1n) is 6.60. The molecule has 16 heavy (non-hydrogen) atoms. The van der Waals surface area contributed by atoms with Crippen LogP contribution in [0.1, 0.15) is 44.9 Å². The Balaban J connectivity index is 1.73. The van der Waals surface area contributed by atoms with E-state index >= 15 is 0 Å². The van der Waals surface area contributed by atoms with Gasteiger partial charge in [-0.1, -0.05) is 25.8 Å². The van der Waals surface area contributed by atoms with Gasteiger partial charge in [-0.2, -0.15) is 0 Å². The van der Waals surface area contributed by atoms with Crippen molar-refractivity contribution in [2.45, 2.75) is 44.9 Å². The molecule has 0 aromatic heterocycles. The number of fused-ring (bicyclic) bond motifs is 1. The molecule has 0 aromatic rings. The van der Waals surface area contributed by atoms with Gasteiger partial charge in [-0.05, 0) is 43.4 Å². The highest BCUT2D eigenvalue weighted by Gasteiger charge is 2.36. The highest BCUT2D eigenvalue weighted by molar-refractivity contribution is 5.81. The fourth-order valence-corrected chi connectivity index (χ4v) is 3.59. The molecule has 0 heterocycles. The Hall–Kier alpha value is -0.790. The van der Waals surface area contributed by atoms with E-state index in [9.17, 15) is 4.79 Å². The monoisotopic (exact) mass is 222 g/mol. The molecule has 3 unspecified atom stereocenters. The number of ether oxygens (including phenoxy) is 1. The second-order valence-corrected chi connectivity index (χ2v) is 5.21. The second-order valence-electron chi connectivity index (χ2n) is 5.21. The molecule has 0 bridgehead atoms.